The third kappa shape index (κ3) is 2.96. The van der Waals surface area contributed by atoms with Crippen molar-refractivity contribution < 1.29 is 14.3 Å². The molecule has 1 amide bonds. The lowest BCUT2D eigenvalue weighted by Gasteiger charge is -2.04. The van der Waals surface area contributed by atoms with Gasteiger partial charge in [-0.25, -0.2) is 4.98 Å². The lowest BCUT2D eigenvalue weighted by molar-refractivity contribution is 0.0940. The minimum Gasteiger partial charge on any atom is -0.454 e. The number of aromatic amines is 1. The van der Waals surface area contributed by atoms with Gasteiger partial charge in [0.05, 0.1) is 0 Å². The first-order valence-corrected chi connectivity index (χ1v) is 6.84. The highest BCUT2D eigenvalue weighted by atomic mass is 16.7. The van der Waals surface area contributed by atoms with Crippen molar-refractivity contribution in [1.29, 1.82) is 0 Å². The van der Waals surface area contributed by atoms with E-state index in [1.54, 1.807) is 0 Å². The van der Waals surface area contributed by atoms with Crippen LogP contribution in [0.15, 0.2) is 18.2 Å². The minimum atomic E-state index is -0.300. The number of aromatic nitrogens is 3. The van der Waals surface area contributed by atoms with Crippen molar-refractivity contribution in [3.8, 4) is 11.5 Å². The lowest BCUT2D eigenvalue weighted by Crippen LogP contribution is -2.24. The molecule has 0 saturated carbocycles. The Labute approximate surface area is 121 Å². The number of amides is 1. The van der Waals surface area contributed by atoms with Crippen LogP contribution in [0.2, 0.25) is 0 Å². The number of aryl methyl sites for hydroxylation is 1. The molecule has 0 fully saturated rings. The van der Waals surface area contributed by atoms with E-state index in [0.29, 0.717) is 12.3 Å². The maximum atomic E-state index is 12.0. The van der Waals surface area contributed by atoms with Gasteiger partial charge in [-0.3, -0.25) is 9.89 Å². The van der Waals surface area contributed by atoms with E-state index in [4.69, 9.17) is 9.47 Å². The molecule has 2 aromatic rings. The Morgan fingerprint density at radius 2 is 2.24 bits per heavy atom. The van der Waals surface area contributed by atoms with Crippen LogP contribution in [0.1, 0.15) is 35.4 Å². The summed E-state index contributed by atoms with van der Waals surface area (Å²) in [6.45, 7) is 2.66. The average Bonchev–Trinajstić information content (AvgIpc) is 3.13. The summed E-state index contributed by atoms with van der Waals surface area (Å²) in [6, 6.07) is 5.56. The smallest absolute Gasteiger partial charge is 0.291 e. The molecule has 0 saturated heterocycles. The first-order valence-electron chi connectivity index (χ1n) is 6.84. The second-order valence-corrected chi connectivity index (χ2v) is 4.73. The summed E-state index contributed by atoms with van der Waals surface area (Å²) < 4.78 is 10.5. The van der Waals surface area contributed by atoms with Gasteiger partial charge in [-0.1, -0.05) is 13.0 Å². The van der Waals surface area contributed by atoms with E-state index in [9.17, 15) is 4.79 Å². The Balaban J connectivity index is 1.60. The Hall–Kier alpha value is -2.57. The van der Waals surface area contributed by atoms with Crippen LogP contribution in [0.25, 0.3) is 0 Å². The van der Waals surface area contributed by atoms with Crippen LogP contribution in [-0.2, 0) is 13.0 Å². The Bertz CT molecular complexity index is 653. The largest absolute Gasteiger partial charge is 0.454 e. The zero-order chi connectivity index (χ0) is 14.7. The molecule has 0 atom stereocenters. The van der Waals surface area contributed by atoms with Crippen LogP contribution < -0.4 is 14.8 Å². The number of rotatable bonds is 5. The normalized spacial score (nSPS) is 12.4. The standard InChI is InChI=1S/C14H16N4O3/c1-2-3-12-16-13(18-17-12)14(19)15-7-9-4-5-10-11(6-9)21-8-20-10/h4-6H,2-3,7-8H2,1H3,(H,15,19)(H,16,17,18). The van der Waals surface area contributed by atoms with Gasteiger partial charge in [-0.2, -0.15) is 0 Å². The van der Waals surface area contributed by atoms with Gasteiger partial charge in [0.1, 0.15) is 5.82 Å². The number of fused-ring (bicyclic) bond motifs is 1. The predicted molar refractivity (Wildman–Crippen MR) is 74.1 cm³/mol. The summed E-state index contributed by atoms with van der Waals surface area (Å²) in [5, 5.41) is 9.45. The number of nitrogens with zero attached hydrogens (tertiary/aromatic N) is 2. The van der Waals surface area contributed by atoms with E-state index in [1.807, 2.05) is 25.1 Å². The second kappa shape index (κ2) is 5.82. The van der Waals surface area contributed by atoms with Crippen molar-refractivity contribution in [2.24, 2.45) is 0 Å². The fourth-order valence-corrected chi connectivity index (χ4v) is 2.06. The molecule has 0 bridgehead atoms. The number of benzene rings is 1. The van der Waals surface area contributed by atoms with Crippen LogP contribution >= 0.6 is 0 Å². The number of hydrogen-bond donors (Lipinski definition) is 2. The molecule has 0 radical (unpaired) electrons. The van der Waals surface area contributed by atoms with E-state index in [-0.39, 0.29) is 18.5 Å². The average molecular weight is 288 g/mol. The lowest BCUT2D eigenvalue weighted by atomic mass is 10.2. The van der Waals surface area contributed by atoms with Gasteiger partial charge in [0.15, 0.2) is 11.5 Å². The molecule has 2 heterocycles. The molecule has 2 N–H and O–H groups in total. The summed E-state index contributed by atoms with van der Waals surface area (Å²) >= 11 is 0. The number of H-pyrrole nitrogens is 1. The molecular weight excluding hydrogens is 272 g/mol. The monoisotopic (exact) mass is 288 g/mol. The van der Waals surface area contributed by atoms with Gasteiger partial charge in [0.2, 0.25) is 12.6 Å². The number of hydrogen-bond acceptors (Lipinski definition) is 5. The first kappa shape index (κ1) is 13.4. The van der Waals surface area contributed by atoms with Crippen LogP contribution in [0.3, 0.4) is 0 Å². The van der Waals surface area contributed by atoms with Gasteiger partial charge in [-0.15, -0.1) is 5.10 Å². The van der Waals surface area contributed by atoms with Crippen molar-refractivity contribution in [3.05, 3.63) is 35.4 Å². The summed E-state index contributed by atoms with van der Waals surface area (Å²) in [7, 11) is 0. The zero-order valence-corrected chi connectivity index (χ0v) is 11.7. The number of nitrogens with one attached hydrogen (secondary N) is 2. The molecule has 0 aliphatic carbocycles. The quantitative estimate of drug-likeness (QED) is 0.868. The minimum absolute atomic E-state index is 0.166. The SMILES string of the molecule is CCCc1nc(C(=O)NCc2ccc3c(c2)OCO3)n[nH]1. The summed E-state index contributed by atoms with van der Waals surface area (Å²) in [6.07, 6.45) is 1.73. The maximum absolute atomic E-state index is 12.0. The molecule has 0 spiro atoms. The van der Waals surface area contributed by atoms with Gasteiger partial charge >= 0.3 is 0 Å². The maximum Gasteiger partial charge on any atom is 0.291 e. The third-order valence-electron chi connectivity index (χ3n) is 3.11. The summed E-state index contributed by atoms with van der Waals surface area (Å²) in [5.41, 5.74) is 0.928. The van der Waals surface area contributed by atoms with Crippen LogP contribution in [0.4, 0.5) is 0 Å². The van der Waals surface area contributed by atoms with Crippen molar-refractivity contribution in [3.63, 3.8) is 0 Å². The van der Waals surface area contributed by atoms with Crippen molar-refractivity contribution >= 4 is 5.91 Å². The molecule has 7 nitrogen and oxygen atoms in total. The third-order valence-corrected chi connectivity index (χ3v) is 3.11. The fraction of sp³-hybridized carbons (Fsp3) is 0.357. The molecule has 1 aliphatic heterocycles. The zero-order valence-electron chi connectivity index (χ0n) is 11.7. The molecule has 0 unspecified atom stereocenters. The molecule has 1 aliphatic rings. The molecule has 1 aromatic carbocycles. The molecule has 7 heteroatoms. The van der Waals surface area contributed by atoms with E-state index in [0.717, 1.165) is 30.0 Å². The molecule has 3 rings (SSSR count). The Morgan fingerprint density at radius 1 is 1.38 bits per heavy atom. The van der Waals surface area contributed by atoms with E-state index < -0.39 is 0 Å². The van der Waals surface area contributed by atoms with E-state index in [1.165, 1.54) is 0 Å². The van der Waals surface area contributed by atoms with Crippen LogP contribution in [0.5, 0.6) is 11.5 Å². The number of carbonyl (C=O) groups excluding carboxylic acids is 1. The first-order chi connectivity index (χ1) is 10.3. The van der Waals surface area contributed by atoms with Gasteiger partial charge in [-0.05, 0) is 24.1 Å². The van der Waals surface area contributed by atoms with Crippen molar-refractivity contribution in [1.82, 2.24) is 20.5 Å². The molecular formula is C14H16N4O3. The highest BCUT2D eigenvalue weighted by Crippen LogP contribution is 2.32. The molecule has 110 valence electrons. The van der Waals surface area contributed by atoms with Crippen LogP contribution in [-0.4, -0.2) is 27.9 Å². The van der Waals surface area contributed by atoms with Gasteiger partial charge < -0.3 is 14.8 Å². The van der Waals surface area contributed by atoms with Crippen LogP contribution in [0, 0.1) is 0 Å². The molecule has 1 aromatic heterocycles. The fourth-order valence-electron chi connectivity index (χ4n) is 2.06. The van der Waals surface area contributed by atoms with Gasteiger partial charge in [0.25, 0.3) is 5.91 Å². The van der Waals surface area contributed by atoms with Crippen molar-refractivity contribution in [2.75, 3.05) is 6.79 Å². The molecule has 21 heavy (non-hydrogen) atoms. The summed E-state index contributed by atoms with van der Waals surface area (Å²) in [4.78, 5) is 16.1. The Morgan fingerprint density at radius 3 is 3.10 bits per heavy atom. The van der Waals surface area contributed by atoms with Gasteiger partial charge in [0, 0.05) is 13.0 Å². The highest BCUT2D eigenvalue weighted by molar-refractivity contribution is 5.90. The Kier molecular flexibility index (Phi) is 3.72. The highest BCUT2D eigenvalue weighted by Gasteiger charge is 2.15. The number of carbonyl (C=O) groups is 1. The van der Waals surface area contributed by atoms with E-state index in [2.05, 4.69) is 20.5 Å². The van der Waals surface area contributed by atoms with Crippen molar-refractivity contribution in [2.45, 2.75) is 26.3 Å². The summed E-state index contributed by atoms with van der Waals surface area (Å²) in [5.74, 6) is 2.02. The predicted octanol–water partition coefficient (Wildman–Crippen LogP) is 1.42. The topological polar surface area (TPSA) is 89.1 Å². The van der Waals surface area contributed by atoms with E-state index >= 15 is 0 Å². The number of ether oxygens (including phenoxy) is 2. The second-order valence-electron chi connectivity index (χ2n) is 4.73.